The lowest BCUT2D eigenvalue weighted by molar-refractivity contribution is -0.234. The standard InChI is InChI=1S/C10H19FO4/c1-10(2,3)9-6(11)8(14)7(13)5(4-12)15-9/h5-9,12-14H,4H2,1-3H3/t5?,6?,7-,8?,9-/m1/s1. The average Bonchev–Trinajstić information content (AvgIpc) is 2.13. The van der Waals surface area contributed by atoms with Crippen molar-refractivity contribution in [2.75, 3.05) is 6.61 Å². The van der Waals surface area contributed by atoms with E-state index in [4.69, 9.17) is 9.84 Å². The third-order valence-electron chi connectivity index (χ3n) is 2.70. The maximum atomic E-state index is 13.7. The molecule has 0 bridgehead atoms. The fourth-order valence-electron chi connectivity index (χ4n) is 1.76. The van der Waals surface area contributed by atoms with Crippen molar-refractivity contribution in [1.29, 1.82) is 0 Å². The Morgan fingerprint density at radius 1 is 1.20 bits per heavy atom. The molecule has 0 aromatic rings. The van der Waals surface area contributed by atoms with Crippen molar-refractivity contribution in [3.8, 4) is 0 Å². The van der Waals surface area contributed by atoms with Gasteiger partial charge in [-0.1, -0.05) is 20.8 Å². The number of rotatable bonds is 1. The number of alkyl halides is 1. The van der Waals surface area contributed by atoms with Gasteiger partial charge in [0.15, 0.2) is 6.17 Å². The highest BCUT2D eigenvalue weighted by Gasteiger charge is 2.48. The lowest BCUT2D eigenvalue weighted by Crippen LogP contribution is -2.60. The van der Waals surface area contributed by atoms with Crippen LogP contribution in [0, 0.1) is 5.41 Å². The summed E-state index contributed by atoms with van der Waals surface area (Å²) in [5.74, 6) is 0. The molecule has 0 amide bonds. The highest BCUT2D eigenvalue weighted by atomic mass is 19.1. The van der Waals surface area contributed by atoms with Gasteiger partial charge in [0.25, 0.3) is 0 Å². The number of halogens is 1. The minimum absolute atomic E-state index is 0.433. The Balaban J connectivity index is 2.83. The van der Waals surface area contributed by atoms with E-state index in [-0.39, 0.29) is 0 Å². The van der Waals surface area contributed by atoms with Crippen LogP contribution in [0.1, 0.15) is 20.8 Å². The van der Waals surface area contributed by atoms with Gasteiger partial charge in [-0.05, 0) is 5.41 Å². The highest BCUT2D eigenvalue weighted by molar-refractivity contribution is 4.96. The minimum Gasteiger partial charge on any atom is -0.394 e. The second-order valence-corrected chi connectivity index (χ2v) is 5.07. The van der Waals surface area contributed by atoms with Crippen LogP contribution in [0.2, 0.25) is 0 Å². The molecule has 1 heterocycles. The molecule has 3 unspecified atom stereocenters. The summed E-state index contributed by atoms with van der Waals surface area (Å²) in [5.41, 5.74) is -0.492. The van der Waals surface area contributed by atoms with Gasteiger partial charge in [0.2, 0.25) is 0 Å². The average molecular weight is 222 g/mol. The predicted octanol–water partition coefficient (Wildman–Crippen LogP) is -0.148. The summed E-state index contributed by atoms with van der Waals surface area (Å²) >= 11 is 0. The molecule has 4 nitrogen and oxygen atoms in total. The Kier molecular flexibility index (Phi) is 3.71. The zero-order chi connectivity index (χ0) is 11.8. The second-order valence-electron chi connectivity index (χ2n) is 5.07. The van der Waals surface area contributed by atoms with E-state index < -0.39 is 42.6 Å². The summed E-state index contributed by atoms with van der Waals surface area (Å²) in [7, 11) is 0. The molecule has 1 aliphatic rings. The molecule has 0 radical (unpaired) electrons. The maximum absolute atomic E-state index is 13.7. The second kappa shape index (κ2) is 4.33. The molecule has 90 valence electrons. The van der Waals surface area contributed by atoms with Crippen molar-refractivity contribution in [2.45, 2.75) is 51.4 Å². The normalized spacial score (nSPS) is 43.0. The molecule has 0 aromatic heterocycles. The zero-order valence-corrected chi connectivity index (χ0v) is 9.22. The molecule has 5 atom stereocenters. The van der Waals surface area contributed by atoms with Crippen LogP contribution in [0.15, 0.2) is 0 Å². The molecule has 1 aliphatic heterocycles. The van der Waals surface area contributed by atoms with Crippen LogP contribution in [0.4, 0.5) is 4.39 Å². The summed E-state index contributed by atoms with van der Waals surface area (Å²) in [6.45, 7) is 4.91. The van der Waals surface area contributed by atoms with Gasteiger partial charge >= 0.3 is 0 Å². The van der Waals surface area contributed by atoms with Crippen molar-refractivity contribution in [1.82, 2.24) is 0 Å². The molecule has 1 rings (SSSR count). The van der Waals surface area contributed by atoms with E-state index in [0.717, 1.165) is 0 Å². The molecule has 0 aliphatic carbocycles. The fraction of sp³-hybridized carbons (Fsp3) is 1.00. The molecule has 0 saturated carbocycles. The van der Waals surface area contributed by atoms with Crippen molar-refractivity contribution < 1.29 is 24.4 Å². The Morgan fingerprint density at radius 3 is 2.13 bits per heavy atom. The third kappa shape index (κ3) is 2.47. The van der Waals surface area contributed by atoms with Crippen LogP contribution in [0.5, 0.6) is 0 Å². The summed E-state index contributed by atoms with van der Waals surface area (Å²) in [6, 6.07) is 0. The van der Waals surface area contributed by atoms with Crippen molar-refractivity contribution in [3.63, 3.8) is 0 Å². The first kappa shape index (κ1) is 12.8. The molecule has 1 fully saturated rings. The van der Waals surface area contributed by atoms with E-state index in [2.05, 4.69) is 0 Å². The smallest absolute Gasteiger partial charge is 0.155 e. The first-order valence-corrected chi connectivity index (χ1v) is 5.05. The summed E-state index contributed by atoms with van der Waals surface area (Å²) in [4.78, 5) is 0. The lowest BCUT2D eigenvalue weighted by Gasteiger charge is -2.44. The van der Waals surface area contributed by atoms with Gasteiger partial charge in [-0.2, -0.15) is 0 Å². The van der Waals surface area contributed by atoms with Crippen LogP contribution < -0.4 is 0 Å². The first-order valence-electron chi connectivity index (χ1n) is 5.05. The number of hydrogen-bond acceptors (Lipinski definition) is 4. The van der Waals surface area contributed by atoms with Crippen molar-refractivity contribution in [2.24, 2.45) is 5.41 Å². The molecule has 3 N–H and O–H groups in total. The number of hydrogen-bond donors (Lipinski definition) is 3. The van der Waals surface area contributed by atoms with Gasteiger partial charge in [0.1, 0.15) is 18.3 Å². The summed E-state index contributed by atoms with van der Waals surface area (Å²) in [5, 5.41) is 27.8. The van der Waals surface area contributed by atoms with Crippen LogP contribution in [-0.4, -0.2) is 52.5 Å². The van der Waals surface area contributed by atoms with E-state index in [1.54, 1.807) is 20.8 Å². The van der Waals surface area contributed by atoms with Gasteiger partial charge in [0.05, 0.1) is 12.7 Å². The molecule has 1 saturated heterocycles. The Bertz CT molecular complexity index is 214. The Hall–Kier alpha value is -0.230. The highest BCUT2D eigenvalue weighted by Crippen LogP contribution is 2.34. The van der Waals surface area contributed by atoms with Gasteiger partial charge in [-0.15, -0.1) is 0 Å². The molecular weight excluding hydrogens is 203 g/mol. The van der Waals surface area contributed by atoms with Crippen LogP contribution in [-0.2, 0) is 4.74 Å². The van der Waals surface area contributed by atoms with E-state index in [1.807, 2.05) is 0 Å². The number of aliphatic hydroxyl groups is 3. The topological polar surface area (TPSA) is 69.9 Å². The van der Waals surface area contributed by atoms with E-state index >= 15 is 0 Å². The van der Waals surface area contributed by atoms with E-state index in [9.17, 15) is 14.6 Å². The van der Waals surface area contributed by atoms with Crippen molar-refractivity contribution >= 4 is 0 Å². The van der Waals surface area contributed by atoms with Gasteiger partial charge in [-0.3, -0.25) is 0 Å². The third-order valence-corrected chi connectivity index (χ3v) is 2.70. The SMILES string of the molecule is CC(C)(C)[C@@H]1OC(CO)[C@@H](O)C(O)C1F. The Labute approximate surface area is 88.7 Å². The first-order chi connectivity index (χ1) is 6.79. The van der Waals surface area contributed by atoms with E-state index in [0.29, 0.717) is 0 Å². The van der Waals surface area contributed by atoms with Crippen LogP contribution in [0.3, 0.4) is 0 Å². The van der Waals surface area contributed by atoms with E-state index in [1.165, 1.54) is 0 Å². The number of aliphatic hydroxyl groups excluding tert-OH is 3. The molecule has 0 aromatic carbocycles. The predicted molar refractivity (Wildman–Crippen MR) is 52.1 cm³/mol. The van der Waals surface area contributed by atoms with Gasteiger partial charge in [0, 0.05) is 0 Å². The molecule has 0 spiro atoms. The quantitative estimate of drug-likeness (QED) is 0.577. The van der Waals surface area contributed by atoms with Crippen LogP contribution in [0.25, 0.3) is 0 Å². The maximum Gasteiger partial charge on any atom is 0.155 e. The monoisotopic (exact) mass is 222 g/mol. The molecule has 5 heteroatoms. The molecule has 15 heavy (non-hydrogen) atoms. The van der Waals surface area contributed by atoms with Gasteiger partial charge < -0.3 is 20.1 Å². The van der Waals surface area contributed by atoms with Crippen LogP contribution >= 0.6 is 0 Å². The lowest BCUT2D eigenvalue weighted by atomic mass is 9.81. The largest absolute Gasteiger partial charge is 0.394 e. The van der Waals surface area contributed by atoms with Crippen molar-refractivity contribution in [3.05, 3.63) is 0 Å². The fourth-order valence-corrected chi connectivity index (χ4v) is 1.76. The number of ether oxygens (including phenoxy) is 1. The molecular formula is C10H19FO4. The van der Waals surface area contributed by atoms with Gasteiger partial charge in [-0.25, -0.2) is 4.39 Å². The Morgan fingerprint density at radius 2 is 1.73 bits per heavy atom. The minimum atomic E-state index is -1.64. The summed E-state index contributed by atoms with van der Waals surface area (Å²) < 4.78 is 18.9. The summed E-state index contributed by atoms with van der Waals surface area (Å²) in [6.07, 6.45) is -6.25. The zero-order valence-electron chi connectivity index (χ0n) is 9.22.